The molecule has 1 amide bonds. The molecule has 0 aliphatic heterocycles. The Morgan fingerprint density at radius 3 is 2.18 bits per heavy atom. The van der Waals surface area contributed by atoms with Crippen molar-refractivity contribution in [3.63, 3.8) is 0 Å². The van der Waals surface area contributed by atoms with Gasteiger partial charge < -0.3 is 29.1 Å². The van der Waals surface area contributed by atoms with E-state index in [9.17, 15) is 9.90 Å². The Kier molecular flexibility index (Phi) is 5.74. The van der Waals surface area contributed by atoms with Gasteiger partial charge in [-0.3, -0.25) is 4.79 Å². The summed E-state index contributed by atoms with van der Waals surface area (Å²) < 4.78 is 21.8. The molecule has 7 heteroatoms. The molecule has 0 radical (unpaired) electrons. The van der Waals surface area contributed by atoms with E-state index in [1.165, 1.54) is 12.1 Å². The summed E-state index contributed by atoms with van der Waals surface area (Å²) in [6.07, 6.45) is 0.378. The topological polar surface area (TPSA) is 90.2 Å². The first-order chi connectivity index (χ1) is 13.5. The third-order valence-electron chi connectivity index (χ3n) is 4.18. The summed E-state index contributed by atoms with van der Waals surface area (Å²) in [6.45, 7) is 0. The van der Waals surface area contributed by atoms with Crippen molar-refractivity contribution in [1.82, 2.24) is 0 Å². The number of hydrogen-bond acceptors (Lipinski definition) is 6. The number of phenols is 1. The van der Waals surface area contributed by atoms with Crippen molar-refractivity contribution in [3.05, 3.63) is 65.6 Å². The Balaban J connectivity index is 1.79. The summed E-state index contributed by atoms with van der Waals surface area (Å²) in [5, 5.41) is 12.0. The van der Waals surface area contributed by atoms with Crippen molar-refractivity contribution in [2.24, 2.45) is 0 Å². The predicted octanol–water partition coefficient (Wildman–Crippen LogP) is 3.85. The number of ether oxygens (including phenoxy) is 3. The van der Waals surface area contributed by atoms with Gasteiger partial charge in [0.25, 0.3) is 5.91 Å². The Bertz CT molecular complexity index is 936. The van der Waals surface area contributed by atoms with Crippen LogP contribution >= 0.6 is 0 Å². The van der Waals surface area contributed by atoms with Crippen molar-refractivity contribution in [1.29, 1.82) is 0 Å². The third kappa shape index (κ3) is 4.20. The van der Waals surface area contributed by atoms with Crippen molar-refractivity contribution < 1.29 is 28.5 Å². The van der Waals surface area contributed by atoms with Crippen LogP contribution in [-0.2, 0) is 6.42 Å². The molecule has 3 rings (SSSR count). The van der Waals surface area contributed by atoms with Gasteiger partial charge in [0.1, 0.15) is 28.8 Å². The van der Waals surface area contributed by atoms with Gasteiger partial charge in [-0.1, -0.05) is 0 Å². The first-order valence-corrected chi connectivity index (χ1v) is 8.52. The number of benzene rings is 2. The Hall–Kier alpha value is -3.61. The smallest absolute Gasteiger partial charge is 0.291 e. The zero-order valence-electron chi connectivity index (χ0n) is 15.8. The first kappa shape index (κ1) is 19.2. The summed E-state index contributed by atoms with van der Waals surface area (Å²) in [7, 11) is 4.70. The second-order valence-corrected chi connectivity index (χ2v) is 5.95. The largest absolute Gasteiger partial charge is 0.508 e. The van der Waals surface area contributed by atoms with E-state index in [-0.39, 0.29) is 17.4 Å². The number of furan rings is 1. The van der Waals surface area contributed by atoms with Crippen molar-refractivity contribution in [2.45, 2.75) is 6.42 Å². The summed E-state index contributed by atoms with van der Waals surface area (Å²) in [5.41, 5.74) is 1.34. The lowest BCUT2D eigenvalue weighted by Crippen LogP contribution is -2.10. The van der Waals surface area contributed by atoms with Crippen LogP contribution in [0.5, 0.6) is 23.0 Å². The second-order valence-electron chi connectivity index (χ2n) is 5.95. The van der Waals surface area contributed by atoms with Gasteiger partial charge >= 0.3 is 0 Å². The molecule has 0 bridgehead atoms. The molecule has 2 N–H and O–H groups in total. The molecule has 7 nitrogen and oxygen atoms in total. The minimum absolute atomic E-state index is 0.126. The maximum absolute atomic E-state index is 12.4. The normalized spacial score (nSPS) is 10.4. The average Bonchev–Trinajstić information content (AvgIpc) is 3.18. The molecule has 2 aromatic carbocycles. The van der Waals surface area contributed by atoms with Gasteiger partial charge in [0.05, 0.1) is 21.3 Å². The molecule has 0 aliphatic rings. The van der Waals surface area contributed by atoms with E-state index in [0.717, 1.165) is 5.56 Å². The molecule has 3 aromatic rings. The molecule has 146 valence electrons. The summed E-state index contributed by atoms with van der Waals surface area (Å²) in [5.74, 6) is 2.31. The minimum Gasteiger partial charge on any atom is -0.508 e. The summed E-state index contributed by atoms with van der Waals surface area (Å²) in [6, 6.07) is 13.0. The molecule has 1 heterocycles. The molecular weight excluding hydrogens is 362 g/mol. The first-order valence-electron chi connectivity index (χ1n) is 8.52. The molecule has 0 spiro atoms. The van der Waals surface area contributed by atoms with E-state index < -0.39 is 0 Å². The maximum atomic E-state index is 12.4. The monoisotopic (exact) mass is 383 g/mol. The highest BCUT2D eigenvalue weighted by Crippen LogP contribution is 2.35. The highest BCUT2D eigenvalue weighted by atomic mass is 16.5. The fourth-order valence-electron chi connectivity index (χ4n) is 2.76. The standard InChI is InChI=1S/C21H21NO6/c1-25-16-11-19(26-2)17(20(12-16)27-3)10-15-8-9-18(28-15)21(24)22-13-4-6-14(23)7-5-13/h4-9,11-12,23H,10H2,1-3H3,(H,22,24). The predicted molar refractivity (Wildman–Crippen MR) is 104 cm³/mol. The lowest BCUT2D eigenvalue weighted by atomic mass is 10.1. The van der Waals surface area contributed by atoms with E-state index >= 15 is 0 Å². The van der Waals surface area contributed by atoms with Gasteiger partial charge in [-0.25, -0.2) is 0 Å². The van der Waals surface area contributed by atoms with Crippen molar-refractivity contribution in [2.75, 3.05) is 26.6 Å². The van der Waals surface area contributed by atoms with E-state index in [4.69, 9.17) is 18.6 Å². The SMILES string of the molecule is COc1cc(OC)c(Cc2ccc(C(=O)Nc3ccc(O)cc3)o2)c(OC)c1. The lowest BCUT2D eigenvalue weighted by Gasteiger charge is -2.14. The van der Waals surface area contributed by atoms with Crippen LogP contribution in [0.2, 0.25) is 0 Å². The van der Waals surface area contributed by atoms with Crippen molar-refractivity contribution >= 4 is 11.6 Å². The van der Waals surface area contributed by atoms with E-state index in [0.29, 0.717) is 35.1 Å². The summed E-state index contributed by atoms with van der Waals surface area (Å²) in [4.78, 5) is 12.4. The molecule has 0 aliphatic carbocycles. The maximum Gasteiger partial charge on any atom is 0.291 e. The van der Waals surface area contributed by atoms with Crippen LogP contribution < -0.4 is 19.5 Å². The molecule has 0 fully saturated rings. The molecule has 28 heavy (non-hydrogen) atoms. The van der Waals surface area contributed by atoms with Crippen LogP contribution in [0.25, 0.3) is 0 Å². The van der Waals surface area contributed by atoms with Crippen LogP contribution in [0.4, 0.5) is 5.69 Å². The van der Waals surface area contributed by atoms with Gasteiger partial charge in [-0.15, -0.1) is 0 Å². The van der Waals surface area contributed by atoms with Crippen LogP contribution in [-0.4, -0.2) is 32.3 Å². The molecule has 1 aromatic heterocycles. The van der Waals surface area contributed by atoms with Gasteiger partial charge in [0.2, 0.25) is 0 Å². The molecular formula is C21H21NO6. The second kappa shape index (κ2) is 8.39. The fourth-order valence-corrected chi connectivity index (χ4v) is 2.76. The lowest BCUT2D eigenvalue weighted by molar-refractivity contribution is 0.0995. The van der Waals surface area contributed by atoms with Gasteiger partial charge in [-0.05, 0) is 36.4 Å². The average molecular weight is 383 g/mol. The Morgan fingerprint density at radius 2 is 1.61 bits per heavy atom. The number of carbonyl (C=O) groups excluding carboxylic acids is 1. The van der Waals surface area contributed by atoms with E-state index in [1.54, 1.807) is 57.7 Å². The fraction of sp³-hybridized carbons (Fsp3) is 0.190. The van der Waals surface area contributed by atoms with E-state index in [2.05, 4.69) is 5.32 Å². The summed E-state index contributed by atoms with van der Waals surface area (Å²) >= 11 is 0. The number of amides is 1. The zero-order valence-corrected chi connectivity index (χ0v) is 15.8. The number of phenolic OH excluding ortho intramolecular Hbond substituents is 1. The van der Waals surface area contributed by atoms with Gasteiger partial charge in [-0.2, -0.15) is 0 Å². The highest BCUT2D eigenvalue weighted by molar-refractivity contribution is 6.02. The number of rotatable bonds is 7. The van der Waals surface area contributed by atoms with Crippen molar-refractivity contribution in [3.8, 4) is 23.0 Å². The number of anilines is 1. The number of carbonyl (C=O) groups is 1. The van der Waals surface area contributed by atoms with Crippen LogP contribution in [0, 0.1) is 0 Å². The number of hydrogen-bond donors (Lipinski definition) is 2. The van der Waals surface area contributed by atoms with Crippen LogP contribution in [0.15, 0.2) is 52.9 Å². The number of methoxy groups -OCH3 is 3. The molecule has 0 saturated carbocycles. The van der Waals surface area contributed by atoms with Gasteiger partial charge in [0.15, 0.2) is 5.76 Å². The van der Waals surface area contributed by atoms with Crippen LogP contribution in [0.1, 0.15) is 21.9 Å². The number of nitrogens with one attached hydrogen (secondary N) is 1. The number of aromatic hydroxyl groups is 1. The Morgan fingerprint density at radius 1 is 0.964 bits per heavy atom. The Labute approximate surface area is 162 Å². The quantitative estimate of drug-likeness (QED) is 0.602. The molecule has 0 atom stereocenters. The zero-order chi connectivity index (χ0) is 20.1. The van der Waals surface area contributed by atoms with Crippen LogP contribution in [0.3, 0.4) is 0 Å². The van der Waals surface area contributed by atoms with Gasteiger partial charge in [0, 0.05) is 29.8 Å². The highest BCUT2D eigenvalue weighted by Gasteiger charge is 2.17. The van der Waals surface area contributed by atoms with E-state index in [1.807, 2.05) is 0 Å². The molecule has 0 saturated heterocycles. The third-order valence-corrected chi connectivity index (χ3v) is 4.18. The minimum atomic E-state index is -0.384. The molecule has 0 unspecified atom stereocenters.